The number of hydrogen-bond donors (Lipinski definition) is 4. The van der Waals surface area contributed by atoms with Gasteiger partial charge in [0.1, 0.15) is 0 Å². The van der Waals surface area contributed by atoms with E-state index in [4.69, 9.17) is 17.0 Å². The molecular weight excluding hydrogens is 166 g/mol. The van der Waals surface area contributed by atoms with Crippen LogP contribution in [0, 0.1) is 5.41 Å². The molecule has 0 spiro atoms. The molecular formula is C8H19N5. The van der Waals surface area contributed by atoms with Crippen molar-refractivity contribution in [3.63, 3.8) is 0 Å². The van der Waals surface area contributed by atoms with E-state index in [0.717, 1.165) is 25.7 Å². The Morgan fingerprint density at radius 2 is 1.92 bits per heavy atom. The lowest BCUT2D eigenvalue weighted by Crippen LogP contribution is -2.48. The van der Waals surface area contributed by atoms with Crippen LogP contribution in [0.2, 0.25) is 0 Å². The molecule has 5 nitrogen and oxygen atoms in total. The lowest BCUT2D eigenvalue weighted by Gasteiger charge is -2.34. The van der Waals surface area contributed by atoms with Crippen molar-refractivity contribution >= 4 is 5.96 Å². The topological polar surface area (TPSA) is 91.2 Å². The van der Waals surface area contributed by atoms with Crippen LogP contribution in [0.25, 0.3) is 0 Å². The van der Waals surface area contributed by atoms with Crippen LogP contribution in [0.5, 0.6) is 0 Å². The van der Waals surface area contributed by atoms with Gasteiger partial charge in [0.25, 0.3) is 0 Å². The highest BCUT2D eigenvalue weighted by molar-refractivity contribution is 5.75. The number of nitrogens with one attached hydrogen (secondary N) is 2. The first-order valence-corrected chi connectivity index (χ1v) is 4.68. The molecule has 0 aromatic rings. The molecule has 0 amide bonds. The first-order valence-electron chi connectivity index (χ1n) is 4.68. The van der Waals surface area contributed by atoms with Crippen LogP contribution < -0.4 is 17.0 Å². The summed E-state index contributed by atoms with van der Waals surface area (Å²) in [6, 6.07) is 0.771. The van der Waals surface area contributed by atoms with Gasteiger partial charge in [0.2, 0.25) is 5.96 Å². The van der Waals surface area contributed by atoms with Crippen LogP contribution in [0.4, 0.5) is 0 Å². The number of hydrazine groups is 1. The van der Waals surface area contributed by atoms with Crippen molar-refractivity contribution in [3.8, 4) is 0 Å². The zero-order chi connectivity index (χ0) is 9.84. The summed E-state index contributed by atoms with van der Waals surface area (Å²) < 4.78 is 0. The van der Waals surface area contributed by atoms with E-state index in [1.54, 1.807) is 0 Å². The Bertz CT molecular complexity index is 173. The van der Waals surface area contributed by atoms with Crippen molar-refractivity contribution in [2.24, 2.45) is 11.6 Å². The molecule has 0 aliphatic heterocycles. The van der Waals surface area contributed by atoms with Crippen molar-refractivity contribution in [1.82, 2.24) is 10.3 Å². The summed E-state index contributed by atoms with van der Waals surface area (Å²) >= 11 is 0. The minimum absolute atomic E-state index is 0.278. The maximum atomic E-state index is 7.49. The summed E-state index contributed by atoms with van der Waals surface area (Å²) in [6.07, 6.45) is 4.21. The Morgan fingerprint density at radius 1 is 1.38 bits per heavy atom. The molecule has 13 heavy (non-hydrogen) atoms. The number of hydrogen-bond acceptors (Lipinski definition) is 3. The number of rotatable bonds is 1. The highest BCUT2D eigenvalue weighted by atomic mass is 15.4. The predicted octanol–water partition coefficient (Wildman–Crippen LogP) is -0.414. The van der Waals surface area contributed by atoms with Gasteiger partial charge in [0.15, 0.2) is 0 Å². The van der Waals surface area contributed by atoms with Crippen molar-refractivity contribution in [1.29, 1.82) is 5.41 Å². The van der Waals surface area contributed by atoms with E-state index >= 15 is 0 Å². The van der Waals surface area contributed by atoms with Gasteiger partial charge in [-0.1, -0.05) is 0 Å². The van der Waals surface area contributed by atoms with Gasteiger partial charge in [0.05, 0.1) is 0 Å². The summed E-state index contributed by atoms with van der Waals surface area (Å²) in [5.74, 6) is 5.44. The third-order valence-corrected chi connectivity index (χ3v) is 2.78. The lowest BCUT2D eigenvalue weighted by molar-refractivity contribution is 0.255. The highest BCUT2D eigenvalue weighted by Crippen LogP contribution is 2.20. The normalized spacial score (nSPS) is 28.2. The molecule has 76 valence electrons. The largest absolute Gasteiger partial charge is 0.342 e. The Balaban J connectivity index is 2.39. The molecule has 0 heterocycles. The standard InChI is InChI=1S/C8H19N5/c1-13(8(10)12-11)7-4-2-6(9)3-5-7/h6-7H,2-5,9,11H2,1H3,(H2,10,12). The van der Waals surface area contributed by atoms with Crippen molar-refractivity contribution in [2.75, 3.05) is 7.05 Å². The van der Waals surface area contributed by atoms with E-state index in [1.807, 2.05) is 11.9 Å². The molecule has 0 unspecified atom stereocenters. The molecule has 5 heteroatoms. The molecule has 1 aliphatic carbocycles. The van der Waals surface area contributed by atoms with Crippen LogP contribution in [-0.2, 0) is 0 Å². The maximum absolute atomic E-state index is 7.49. The molecule has 1 aliphatic rings. The number of nitrogens with zero attached hydrogens (tertiary/aromatic N) is 1. The van der Waals surface area contributed by atoms with Crippen LogP contribution >= 0.6 is 0 Å². The van der Waals surface area contributed by atoms with Crippen LogP contribution in [0.1, 0.15) is 25.7 Å². The van der Waals surface area contributed by atoms with E-state index < -0.39 is 0 Å². The second kappa shape index (κ2) is 4.43. The fraction of sp³-hybridized carbons (Fsp3) is 0.875. The second-order valence-electron chi connectivity index (χ2n) is 3.67. The fourth-order valence-corrected chi connectivity index (χ4v) is 1.77. The summed E-state index contributed by atoms with van der Waals surface area (Å²) in [5.41, 5.74) is 8.14. The highest BCUT2D eigenvalue weighted by Gasteiger charge is 2.22. The first kappa shape index (κ1) is 10.3. The van der Waals surface area contributed by atoms with E-state index in [1.165, 1.54) is 0 Å². The van der Waals surface area contributed by atoms with Crippen molar-refractivity contribution < 1.29 is 0 Å². The van der Waals surface area contributed by atoms with Gasteiger partial charge in [-0.15, -0.1) is 0 Å². The molecule has 1 saturated carbocycles. The minimum Gasteiger partial charge on any atom is -0.342 e. The monoisotopic (exact) mass is 185 g/mol. The second-order valence-corrected chi connectivity index (χ2v) is 3.67. The summed E-state index contributed by atoms with van der Waals surface area (Å²) in [4.78, 5) is 1.88. The lowest BCUT2D eigenvalue weighted by atomic mass is 9.91. The Labute approximate surface area is 78.9 Å². The maximum Gasteiger partial charge on any atom is 0.205 e. The molecule has 1 fully saturated rings. The van der Waals surface area contributed by atoms with E-state index in [9.17, 15) is 0 Å². The zero-order valence-electron chi connectivity index (χ0n) is 8.09. The molecule has 0 atom stereocenters. The van der Waals surface area contributed by atoms with Crippen LogP contribution in [0.3, 0.4) is 0 Å². The molecule has 0 aromatic carbocycles. The van der Waals surface area contributed by atoms with Gasteiger partial charge in [-0.3, -0.25) is 10.8 Å². The first-order chi connectivity index (χ1) is 6.15. The smallest absolute Gasteiger partial charge is 0.205 e. The fourth-order valence-electron chi connectivity index (χ4n) is 1.77. The summed E-state index contributed by atoms with van der Waals surface area (Å²) in [5, 5.41) is 7.49. The van der Waals surface area contributed by atoms with Crippen molar-refractivity contribution in [3.05, 3.63) is 0 Å². The number of nitrogens with two attached hydrogens (primary N) is 2. The molecule has 0 bridgehead atoms. The third-order valence-electron chi connectivity index (χ3n) is 2.78. The third kappa shape index (κ3) is 2.57. The van der Waals surface area contributed by atoms with Crippen LogP contribution in [0.15, 0.2) is 0 Å². The van der Waals surface area contributed by atoms with Gasteiger partial charge in [-0.25, -0.2) is 5.84 Å². The summed E-state index contributed by atoms with van der Waals surface area (Å²) in [7, 11) is 1.89. The molecule has 1 rings (SSSR count). The van der Waals surface area contributed by atoms with Gasteiger partial charge in [-0.2, -0.15) is 0 Å². The van der Waals surface area contributed by atoms with E-state index in [2.05, 4.69) is 5.43 Å². The van der Waals surface area contributed by atoms with Gasteiger partial charge < -0.3 is 10.6 Å². The van der Waals surface area contributed by atoms with Crippen molar-refractivity contribution in [2.45, 2.75) is 37.8 Å². The minimum atomic E-state index is 0.278. The molecule has 6 N–H and O–H groups in total. The predicted molar refractivity (Wildman–Crippen MR) is 53.0 cm³/mol. The SMILES string of the molecule is CN(C(=N)NN)C1CCC(N)CC1. The van der Waals surface area contributed by atoms with Gasteiger partial charge in [-0.05, 0) is 25.7 Å². The number of guanidine groups is 1. The Hall–Kier alpha value is -0.810. The average molecular weight is 185 g/mol. The van der Waals surface area contributed by atoms with Crippen LogP contribution in [-0.4, -0.2) is 30.0 Å². The molecule has 0 saturated heterocycles. The zero-order valence-corrected chi connectivity index (χ0v) is 8.09. The molecule has 0 aromatic heterocycles. The van der Waals surface area contributed by atoms with Gasteiger partial charge >= 0.3 is 0 Å². The van der Waals surface area contributed by atoms with E-state index in [-0.39, 0.29) is 5.96 Å². The van der Waals surface area contributed by atoms with E-state index in [0.29, 0.717) is 12.1 Å². The van der Waals surface area contributed by atoms with Gasteiger partial charge in [0, 0.05) is 19.1 Å². The summed E-state index contributed by atoms with van der Waals surface area (Å²) in [6.45, 7) is 0. The average Bonchev–Trinajstić information content (AvgIpc) is 2.17. The molecule has 0 radical (unpaired) electrons. The Morgan fingerprint density at radius 3 is 2.38 bits per heavy atom. The quantitative estimate of drug-likeness (QED) is 0.193. The Kier molecular flexibility index (Phi) is 3.50.